The molecule has 2 heterocycles. The third-order valence-electron chi connectivity index (χ3n) is 5.00. The Morgan fingerprint density at radius 1 is 1.13 bits per heavy atom. The largest absolute Gasteiger partial charge is 0.493 e. The van der Waals surface area contributed by atoms with Gasteiger partial charge in [0.2, 0.25) is 0 Å². The van der Waals surface area contributed by atoms with Crippen LogP contribution < -0.4 is 25.0 Å². The van der Waals surface area contributed by atoms with Crippen LogP contribution in [-0.4, -0.2) is 65.1 Å². The molecule has 30 heavy (non-hydrogen) atoms. The van der Waals surface area contributed by atoms with Crippen LogP contribution in [-0.2, 0) is 17.7 Å². The molecule has 0 bridgehead atoms. The van der Waals surface area contributed by atoms with Gasteiger partial charge >= 0.3 is 0 Å². The Hall–Kier alpha value is -3.00. The normalized spacial score (nSPS) is 14.4. The summed E-state index contributed by atoms with van der Waals surface area (Å²) in [5.74, 6) is 3.24. The summed E-state index contributed by atoms with van der Waals surface area (Å²) in [6.07, 6.45) is 2.68. The van der Waals surface area contributed by atoms with Crippen molar-refractivity contribution in [1.82, 2.24) is 15.6 Å². The number of aromatic nitrogens is 1. The highest BCUT2D eigenvalue weighted by Gasteiger charge is 2.15. The molecule has 0 saturated carbocycles. The minimum atomic E-state index is 0.649. The van der Waals surface area contributed by atoms with Crippen LogP contribution in [0.4, 0.5) is 5.82 Å². The molecular formula is C22H31N5O3. The molecule has 8 heteroatoms. The van der Waals surface area contributed by atoms with Gasteiger partial charge in [0.15, 0.2) is 17.5 Å². The SMILES string of the molecule is CN=C(NCCc1ccc(OC)c(OC)c1)NCc1cccnc1N1CCOCC1. The predicted molar refractivity (Wildman–Crippen MR) is 119 cm³/mol. The van der Waals surface area contributed by atoms with E-state index in [9.17, 15) is 0 Å². The molecule has 0 atom stereocenters. The smallest absolute Gasteiger partial charge is 0.191 e. The maximum atomic E-state index is 5.46. The number of methoxy groups -OCH3 is 2. The number of hydrogen-bond donors (Lipinski definition) is 2. The Labute approximate surface area is 178 Å². The lowest BCUT2D eigenvalue weighted by molar-refractivity contribution is 0.122. The molecule has 0 amide bonds. The number of pyridine rings is 1. The molecule has 0 spiro atoms. The molecule has 0 unspecified atom stereocenters. The lowest BCUT2D eigenvalue weighted by atomic mass is 10.1. The van der Waals surface area contributed by atoms with Crippen molar-refractivity contribution in [2.24, 2.45) is 4.99 Å². The molecule has 0 radical (unpaired) electrons. The number of morpholine rings is 1. The first-order valence-electron chi connectivity index (χ1n) is 10.2. The molecule has 1 aliphatic heterocycles. The van der Waals surface area contributed by atoms with Crippen LogP contribution in [0.3, 0.4) is 0 Å². The quantitative estimate of drug-likeness (QED) is 0.505. The average molecular weight is 414 g/mol. The summed E-state index contributed by atoms with van der Waals surface area (Å²) in [7, 11) is 5.06. The van der Waals surface area contributed by atoms with Crippen LogP contribution in [0.15, 0.2) is 41.5 Å². The molecule has 8 nitrogen and oxygen atoms in total. The summed E-state index contributed by atoms with van der Waals surface area (Å²) >= 11 is 0. The van der Waals surface area contributed by atoms with Gasteiger partial charge in [-0.1, -0.05) is 12.1 Å². The van der Waals surface area contributed by atoms with Gasteiger partial charge in [-0.15, -0.1) is 0 Å². The molecule has 2 aromatic rings. The van der Waals surface area contributed by atoms with Crippen LogP contribution in [0, 0.1) is 0 Å². The molecule has 1 saturated heterocycles. The summed E-state index contributed by atoms with van der Waals surface area (Å²) < 4.78 is 16.1. The van der Waals surface area contributed by atoms with E-state index in [2.05, 4.69) is 31.6 Å². The second-order valence-electron chi connectivity index (χ2n) is 6.88. The summed E-state index contributed by atoms with van der Waals surface area (Å²) in [6, 6.07) is 10.0. The fourth-order valence-electron chi connectivity index (χ4n) is 3.39. The van der Waals surface area contributed by atoms with Crippen LogP contribution in [0.5, 0.6) is 11.5 Å². The Balaban J connectivity index is 1.52. The third kappa shape index (κ3) is 5.76. The molecule has 162 valence electrons. The van der Waals surface area contributed by atoms with Gasteiger partial charge in [0, 0.05) is 45.0 Å². The van der Waals surface area contributed by atoms with Crippen molar-refractivity contribution in [3.63, 3.8) is 0 Å². The Bertz CT molecular complexity index is 837. The van der Waals surface area contributed by atoms with E-state index in [4.69, 9.17) is 14.2 Å². The number of anilines is 1. The summed E-state index contributed by atoms with van der Waals surface area (Å²) in [6.45, 7) is 4.60. The van der Waals surface area contributed by atoms with Crippen LogP contribution in [0.2, 0.25) is 0 Å². The Kier molecular flexibility index (Phi) is 8.14. The van der Waals surface area contributed by atoms with Gasteiger partial charge in [-0.05, 0) is 30.2 Å². The molecule has 2 N–H and O–H groups in total. The third-order valence-corrected chi connectivity index (χ3v) is 5.00. The fourth-order valence-corrected chi connectivity index (χ4v) is 3.39. The van der Waals surface area contributed by atoms with E-state index in [1.807, 2.05) is 30.5 Å². The summed E-state index contributed by atoms with van der Waals surface area (Å²) in [5.41, 5.74) is 2.31. The average Bonchev–Trinajstić information content (AvgIpc) is 2.81. The highest BCUT2D eigenvalue weighted by Crippen LogP contribution is 2.27. The molecule has 1 aromatic carbocycles. The number of benzene rings is 1. The molecule has 1 fully saturated rings. The van der Waals surface area contributed by atoms with Gasteiger partial charge in [-0.3, -0.25) is 4.99 Å². The first kappa shape index (κ1) is 21.7. The Morgan fingerprint density at radius 3 is 2.67 bits per heavy atom. The van der Waals surface area contributed by atoms with E-state index in [-0.39, 0.29) is 0 Å². The molecule has 0 aliphatic carbocycles. The van der Waals surface area contributed by atoms with E-state index < -0.39 is 0 Å². The predicted octanol–water partition coefficient (Wildman–Crippen LogP) is 1.84. The van der Waals surface area contributed by atoms with E-state index in [0.29, 0.717) is 6.54 Å². The molecule has 1 aliphatic rings. The van der Waals surface area contributed by atoms with Gasteiger partial charge in [-0.2, -0.15) is 0 Å². The maximum absolute atomic E-state index is 5.46. The zero-order valence-corrected chi connectivity index (χ0v) is 18.0. The monoisotopic (exact) mass is 413 g/mol. The van der Waals surface area contributed by atoms with E-state index in [0.717, 1.165) is 73.7 Å². The molecule has 3 rings (SSSR count). The number of aliphatic imine (C=N–C) groups is 1. The zero-order valence-electron chi connectivity index (χ0n) is 18.0. The van der Waals surface area contributed by atoms with Crippen LogP contribution >= 0.6 is 0 Å². The highest BCUT2D eigenvalue weighted by molar-refractivity contribution is 5.79. The first-order valence-corrected chi connectivity index (χ1v) is 10.2. The van der Waals surface area contributed by atoms with Crippen molar-refractivity contribution in [1.29, 1.82) is 0 Å². The van der Waals surface area contributed by atoms with Crippen molar-refractivity contribution in [3.05, 3.63) is 47.7 Å². The van der Waals surface area contributed by atoms with Crippen molar-refractivity contribution in [3.8, 4) is 11.5 Å². The summed E-state index contributed by atoms with van der Waals surface area (Å²) in [5, 5.41) is 6.75. The van der Waals surface area contributed by atoms with Crippen LogP contribution in [0.25, 0.3) is 0 Å². The van der Waals surface area contributed by atoms with Crippen molar-refractivity contribution >= 4 is 11.8 Å². The Morgan fingerprint density at radius 2 is 1.93 bits per heavy atom. The number of guanidine groups is 1. The van der Waals surface area contributed by atoms with E-state index in [1.165, 1.54) is 0 Å². The molecular weight excluding hydrogens is 382 g/mol. The van der Waals surface area contributed by atoms with Crippen molar-refractivity contribution in [2.45, 2.75) is 13.0 Å². The van der Waals surface area contributed by atoms with Gasteiger partial charge in [0.1, 0.15) is 5.82 Å². The zero-order chi connectivity index (χ0) is 21.2. The minimum absolute atomic E-state index is 0.649. The summed E-state index contributed by atoms with van der Waals surface area (Å²) in [4.78, 5) is 11.2. The fraction of sp³-hybridized carbons (Fsp3) is 0.455. The lowest BCUT2D eigenvalue weighted by Crippen LogP contribution is -2.40. The maximum Gasteiger partial charge on any atom is 0.191 e. The van der Waals surface area contributed by atoms with Gasteiger partial charge in [0.25, 0.3) is 0 Å². The molecule has 1 aromatic heterocycles. The minimum Gasteiger partial charge on any atom is -0.493 e. The van der Waals surface area contributed by atoms with Gasteiger partial charge < -0.3 is 29.7 Å². The van der Waals surface area contributed by atoms with Crippen LogP contribution in [0.1, 0.15) is 11.1 Å². The van der Waals surface area contributed by atoms with E-state index >= 15 is 0 Å². The van der Waals surface area contributed by atoms with Crippen molar-refractivity contribution in [2.75, 3.05) is 59.0 Å². The second kappa shape index (κ2) is 11.3. The topological polar surface area (TPSA) is 80.2 Å². The lowest BCUT2D eigenvalue weighted by Gasteiger charge is -2.29. The number of hydrogen-bond acceptors (Lipinski definition) is 6. The number of nitrogens with one attached hydrogen (secondary N) is 2. The van der Waals surface area contributed by atoms with E-state index in [1.54, 1.807) is 21.3 Å². The number of ether oxygens (including phenoxy) is 3. The van der Waals surface area contributed by atoms with Gasteiger partial charge in [0.05, 0.1) is 27.4 Å². The highest BCUT2D eigenvalue weighted by atomic mass is 16.5. The number of nitrogens with zero attached hydrogens (tertiary/aromatic N) is 3. The number of rotatable bonds is 8. The second-order valence-corrected chi connectivity index (χ2v) is 6.88. The standard InChI is InChI=1S/C22H31N5O3/c1-23-22(25-10-8-17-6-7-19(28-2)20(15-17)29-3)26-16-18-5-4-9-24-21(18)27-11-13-30-14-12-27/h4-7,9,15H,8,10-14,16H2,1-3H3,(H2,23,25,26). The first-order chi connectivity index (χ1) is 14.7. The van der Waals surface area contributed by atoms with Crippen molar-refractivity contribution < 1.29 is 14.2 Å². The van der Waals surface area contributed by atoms with Gasteiger partial charge in [-0.25, -0.2) is 4.98 Å².